The largest absolute Gasteiger partial charge is 0.497 e. The van der Waals surface area contributed by atoms with Crippen LogP contribution in [0.5, 0.6) is 5.75 Å². The average molecular weight is 233 g/mol. The lowest BCUT2D eigenvalue weighted by molar-refractivity contribution is 0.412. The van der Waals surface area contributed by atoms with E-state index in [0.717, 1.165) is 18.2 Å². The molecule has 1 aliphatic rings. The molecule has 1 saturated carbocycles. The number of hydrogen-bond acceptors (Lipinski definition) is 2. The first-order valence-electron chi connectivity index (χ1n) is 6.73. The summed E-state index contributed by atoms with van der Waals surface area (Å²) in [5, 5.41) is 3.78. The van der Waals surface area contributed by atoms with Crippen molar-refractivity contribution >= 4 is 0 Å². The van der Waals surface area contributed by atoms with Crippen molar-refractivity contribution < 1.29 is 4.74 Å². The standard InChI is InChI=1S/C15H23NO/c1-3-15(16-13-6-4-5-7-13)12-8-10-14(17-2)11-9-12/h8-11,13,15-16H,3-7H2,1-2H3. The van der Waals surface area contributed by atoms with Gasteiger partial charge < -0.3 is 10.1 Å². The smallest absolute Gasteiger partial charge is 0.118 e. The molecule has 0 radical (unpaired) electrons. The molecular formula is C15H23NO. The van der Waals surface area contributed by atoms with Crippen LogP contribution in [0.15, 0.2) is 24.3 Å². The zero-order valence-electron chi connectivity index (χ0n) is 10.9. The lowest BCUT2D eigenvalue weighted by Crippen LogP contribution is -2.30. The number of rotatable bonds is 5. The quantitative estimate of drug-likeness (QED) is 0.837. The zero-order chi connectivity index (χ0) is 12.1. The van der Waals surface area contributed by atoms with Crippen LogP contribution >= 0.6 is 0 Å². The van der Waals surface area contributed by atoms with E-state index in [4.69, 9.17) is 4.74 Å². The number of ether oxygens (including phenoxy) is 1. The summed E-state index contributed by atoms with van der Waals surface area (Å²) >= 11 is 0. The van der Waals surface area contributed by atoms with Gasteiger partial charge in [-0.25, -0.2) is 0 Å². The molecular weight excluding hydrogens is 210 g/mol. The van der Waals surface area contributed by atoms with Gasteiger partial charge in [0.1, 0.15) is 5.75 Å². The molecule has 2 nitrogen and oxygen atoms in total. The first-order valence-corrected chi connectivity index (χ1v) is 6.73. The first kappa shape index (κ1) is 12.4. The summed E-state index contributed by atoms with van der Waals surface area (Å²) in [5.41, 5.74) is 1.38. The predicted molar refractivity (Wildman–Crippen MR) is 71.4 cm³/mol. The minimum absolute atomic E-state index is 0.490. The van der Waals surface area contributed by atoms with Crippen LogP contribution in [0.2, 0.25) is 0 Å². The van der Waals surface area contributed by atoms with E-state index in [0.29, 0.717) is 6.04 Å². The Morgan fingerprint density at radius 1 is 1.24 bits per heavy atom. The maximum Gasteiger partial charge on any atom is 0.118 e. The molecule has 0 saturated heterocycles. The van der Waals surface area contributed by atoms with E-state index >= 15 is 0 Å². The van der Waals surface area contributed by atoms with Crippen molar-refractivity contribution in [3.63, 3.8) is 0 Å². The normalized spacial score (nSPS) is 18.2. The second kappa shape index (κ2) is 6.06. The van der Waals surface area contributed by atoms with Crippen molar-refractivity contribution in [3.05, 3.63) is 29.8 Å². The van der Waals surface area contributed by atoms with Gasteiger partial charge in [-0.15, -0.1) is 0 Å². The number of methoxy groups -OCH3 is 1. The van der Waals surface area contributed by atoms with Gasteiger partial charge in [0, 0.05) is 12.1 Å². The van der Waals surface area contributed by atoms with E-state index in [9.17, 15) is 0 Å². The molecule has 1 aliphatic carbocycles. The summed E-state index contributed by atoms with van der Waals surface area (Å²) in [6, 6.07) is 9.66. The molecule has 1 N–H and O–H groups in total. The summed E-state index contributed by atoms with van der Waals surface area (Å²) in [5.74, 6) is 0.935. The first-order chi connectivity index (χ1) is 8.33. The van der Waals surface area contributed by atoms with Crippen molar-refractivity contribution in [2.75, 3.05) is 7.11 Å². The van der Waals surface area contributed by atoms with Crippen LogP contribution < -0.4 is 10.1 Å². The molecule has 1 unspecified atom stereocenters. The highest BCUT2D eigenvalue weighted by Gasteiger charge is 2.18. The lowest BCUT2D eigenvalue weighted by Gasteiger charge is -2.22. The van der Waals surface area contributed by atoms with Gasteiger partial charge in [-0.2, -0.15) is 0 Å². The third-order valence-corrected chi connectivity index (χ3v) is 3.72. The topological polar surface area (TPSA) is 21.3 Å². The highest BCUT2D eigenvalue weighted by Crippen LogP contribution is 2.25. The molecule has 1 fully saturated rings. The van der Waals surface area contributed by atoms with Gasteiger partial charge in [0.05, 0.1) is 7.11 Å². The van der Waals surface area contributed by atoms with Crippen LogP contribution in [0, 0.1) is 0 Å². The summed E-state index contributed by atoms with van der Waals surface area (Å²) < 4.78 is 5.20. The minimum Gasteiger partial charge on any atom is -0.497 e. The predicted octanol–water partition coefficient (Wildman–Crippen LogP) is 3.68. The second-order valence-electron chi connectivity index (χ2n) is 4.88. The molecule has 0 bridgehead atoms. The van der Waals surface area contributed by atoms with Crippen molar-refractivity contribution in [3.8, 4) is 5.75 Å². The van der Waals surface area contributed by atoms with Gasteiger partial charge in [-0.3, -0.25) is 0 Å². The zero-order valence-corrected chi connectivity index (χ0v) is 10.9. The van der Waals surface area contributed by atoms with Gasteiger partial charge in [0.15, 0.2) is 0 Å². The maximum atomic E-state index is 5.20. The number of hydrogen-bond donors (Lipinski definition) is 1. The molecule has 94 valence electrons. The monoisotopic (exact) mass is 233 g/mol. The van der Waals surface area contributed by atoms with E-state index in [2.05, 4.69) is 24.4 Å². The van der Waals surface area contributed by atoms with Crippen molar-refractivity contribution in [2.24, 2.45) is 0 Å². The minimum atomic E-state index is 0.490. The van der Waals surface area contributed by atoms with E-state index in [1.807, 2.05) is 12.1 Å². The molecule has 0 spiro atoms. The van der Waals surface area contributed by atoms with Gasteiger partial charge in [-0.1, -0.05) is 31.9 Å². The third kappa shape index (κ3) is 3.22. The molecule has 0 aromatic heterocycles. The van der Waals surface area contributed by atoms with E-state index in [1.165, 1.54) is 31.2 Å². The lowest BCUT2D eigenvalue weighted by atomic mass is 10.0. The fourth-order valence-corrected chi connectivity index (χ4v) is 2.66. The molecule has 1 atom stereocenters. The Morgan fingerprint density at radius 3 is 2.41 bits per heavy atom. The second-order valence-corrected chi connectivity index (χ2v) is 4.88. The van der Waals surface area contributed by atoms with Crippen LogP contribution in [-0.4, -0.2) is 13.2 Å². The molecule has 2 rings (SSSR count). The highest BCUT2D eigenvalue weighted by atomic mass is 16.5. The van der Waals surface area contributed by atoms with Crippen LogP contribution in [0.1, 0.15) is 50.6 Å². The third-order valence-electron chi connectivity index (χ3n) is 3.72. The highest BCUT2D eigenvalue weighted by molar-refractivity contribution is 5.29. The average Bonchev–Trinajstić information content (AvgIpc) is 2.89. The van der Waals surface area contributed by atoms with Crippen molar-refractivity contribution in [1.82, 2.24) is 5.32 Å². The van der Waals surface area contributed by atoms with Crippen LogP contribution in [0.3, 0.4) is 0 Å². The fraction of sp³-hybridized carbons (Fsp3) is 0.600. The Hall–Kier alpha value is -1.02. The number of benzene rings is 1. The molecule has 0 aliphatic heterocycles. The van der Waals surface area contributed by atoms with Gasteiger partial charge in [0.25, 0.3) is 0 Å². The fourth-order valence-electron chi connectivity index (χ4n) is 2.66. The van der Waals surface area contributed by atoms with Crippen molar-refractivity contribution in [2.45, 2.75) is 51.1 Å². The Balaban J connectivity index is 2.00. The molecule has 1 aromatic carbocycles. The maximum absolute atomic E-state index is 5.20. The number of nitrogens with one attached hydrogen (secondary N) is 1. The molecule has 1 aromatic rings. The van der Waals surface area contributed by atoms with Crippen LogP contribution in [0.25, 0.3) is 0 Å². The van der Waals surface area contributed by atoms with E-state index < -0.39 is 0 Å². The molecule has 17 heavy (non-hydrogen) atoms. The van der Waals surface area contributed by atoms with E-state index in [1.54, 1.807) is 7.11 Å². The van der Waals surface area contributed by atoms with Crippen molar-refractivity contribution in [1.29, 1.82) is 0 Å². The Bertz CT molecular complexity index is 327. The van der Waals surface area contributed by atoms with Crippen LogP contribution in [-0.2, 0) is 0 Å². The Labute approximate surface area is 104 Å². The summed E-state index contributed by atoms with van der Waals surface area (Å²) in [4.78, 5) is 0. The van der Waals surface area contributed by atoms with Crippen LogP contribution in [0.4, 0.5) is 0 Å². The SMILES string of the molecule is CCC(NC1CCCC1)c1ccc(OC)cc1. The summed E-state index contributed by atoms with van der Waals surface area (Å²) in [6.45, 7) is 2.25. The molecule has 2 heteroatoms. The molecule has 0 heterocycles. The Kier molecular flexibility index (Phi) is 4.43. The summed E-state index contributed by atoms with van der Waals surface area (Å²) in [6.07, 6.45) is 6.59. The van der Waals surface area contributed by atoms with Gasteiger partial charge >= 0.3 is 0 Å². The molecule has 0 amide bonds. The Morgan fingerprint density at radius 2 is 1.88 bits per heavy atom. The van der Waals surface area contributed by atoms with E-state index in [-0.39, 0.29) is 0 Å². The van der Waals surface area contributed by atoms with Gasteiger partial charge in [-0.05, 0) is 37.0 Å². The van der Waals surface area contributed by atoms with Gasteiger partial charge in [0.2, 0.25) is 0 Å². The summed E-state index contributed by atoms with van der Waals surface area (Å²) in [7, 11) is 1.71.